The van der Waals surface area contributed by atoms with Gasteiger partial charge in [0.1, 0.15) is 11.4 Å². The normalized spacial score (nSPS) is 16.5. The van der Waals surface area contributed by atoms with Gasteiger partial charge in [-0.25, -0.2) is 9.18 Å². The Bertz CT molecular complexity index is 1290. The Morgan fingerprint density at radius 1 is 1.02 bits per heavy atom. The summed E-state index contributed by atoms with van der Waals surface area (Å²) in [7, 11) is 1.40. The standard InChI is InChI=1S/C25H23ClF4N4O4.C3H8/c1-32-22(37)24(34(23(32)38)14-15-2-5-17(26)6-3-15)8-10-33(11-9-24)20(35)13-31-21(36)18-12-16(25(28,29)30)4-7-19(18)27;1-3-2/h2-7,12H,8-11,13-14H2,1H3,(H,31,36);3H2,1-2H3. The van der Waals surface area contributed by atoms with Crippen molar-refractivity contribution in [2.45, 2.75) is 51.4 Å². The Kier molecular flexibility index (Phi) is 10.0. The largest absolute Gasteiger partial charge is 0.416 e. The van der Waals surface area contributed by atoms with E-state index in [9.17, 15) is 36.7 Å². The molecule has 2 heterocycles. The third-order valence-corrected chi connectivity index (χ3v) is 7.12. The topological polar surface area (TPSA) is 90.0 Å². The number of likely N-dealkylation sites (tertiary alicyclic amines) is 1. The summed E-state index contributed by atoms with van der Waals surface area (Å²) in [5, 5.41) is 2.68. The van der Waals surface area contributed by atoms with Gasteiger partial charge < -0.3 is 15.1 Å². The molecule has 2 aliphatic rings. The smallest absolute Gasteiger partial charge is 0.343 e. The number of benzene rings is 2. The number of piperidine rings is 1. The van der Waals surface area contributed by atoms with Gasteiger partial charge in [-0.3, -0.25) is 19.3 Å². The molecule has 2 fully saturated rings. The monoisotopic (exact) mass is 598 g/mol. The van der Waals surface area contributed by atoms with Crippen molar-refractivity contribution in [1.29, 1.82) is 0 Å². The number of hydrogen-bond acceptors (Lipinski definition) is 4. The summed E-state index contributed by atoms with van der Waals surface area (Å²) in [4.78, 5) is 54.9. The molecule has 0 aliphatic carbocycles. The zero-order valence-electron chi connectivity index (χ0n) is 22.9. The summed E-state index contributed by atoms with van der Waals surface area (Å²) in [5.74, 6) is -3.26. The lowest BCUT2D eigenvalue weighted by atomic mass is 9.85. The maximum Gasteiger partial charge on any atom is 0.416 e. The van der Waals surface area contributed by atoms with Crippen LogP contribution in [0, 0.1) is 5.82 Å². The van der Waals surface area contributed by atoms with Gasteiger partial charge in [0.15, 0.2) is 0 Å². The minimum absolute atomic E-state index is 0.0939. The molecule has 2 saturated heterocycles. The van der Waals surface area contributed by atoms with E-state index in [1.807, 2.05) is 0 Å². The van der Waals surface area contributed by atoms with Crippen LogP contribution in [0.1, 0.15) is 54.6 Å². The molecule has 0 unspecified atom stereocenters. The molecule has 41 heavy (non-hydrogen) atoms. The highest BCUT2D eigenvalue weighted by molar-refractivity contribution is 6.30. The van der Waals surface area contributed by atoms with Crippen molar-refractivity contribution in [3.8, 4) is 0 Å². The van der Waals surface area contributed by atoms with E-state index in [0.29, 0.717) is 23.2 Å². The van der Waals surface area contributed by atoms with Crippen LogP contribution in [0.2, 0.25) is 5.02 Å². The van der Waals surface area contributed by atoms with Crippen LogP contribution in [0.3, 0.4) is 0 Å². The van der Waals surface area contributed by atoms with Gasteiger partial charge in [0.2, 0.25) is 5.91 Å². The summed E-state index contributed by atoms with van der Waals surface area (Å²) in [6.07, 6.45) is -3.22. The first-order valence-corrected chi connectivity index (χ1v) is 13.4. The van der Waals surface area contributed by atoms with E-state index in [1.165, 1.54) is 23.3 Å². The number of likely N-dealkylation sites (N-methyl/N-ethyl adjacent to an activating group) is 1. The van der Waals surface area contributed by atoms with Gasteiger partial charge in [-0.2, -0.15) is 13.2 Å². The van der Waals surface area contributed by atoms with Crippen molar-refractivity contribution in [3.63, 3.8) is 0 Å². The minimum Gasteiger partial charge on any atom is -0.343 e. The van der Waals surface area contributed by atoms with E-state index < -0.39 is 53.0 Å². The van der Waals surface area contributed by atoms with Crippen molar-refractivity contribution in [2.75, 3.05) is 26.7 Å². The number of alkyl halides is 3. The predicted octanol–water partition coefficient (Wildman–Crippen LogP) is 5.10. The molecule has 1 spiro atoms. The highest BCUT2D eigenvalue weighted by atomic mass is 35.5. The van der Waals surface area contributed by atoms with Crippen molar-refractivity contribution in [2.24, 2.45) is 0 Å². The predicted molar refractivity (Wildman–Crippen MR) is 143 cm³/mol. The summed E-state index contributed by atoms with van der Waals surface area (Å²) in [5.41, 5.74) is -2.40. The number of hydrogen-bond donors (Lipinski definition) is 1. The van der Waals surface area contributed by atoms with Crippen LogP contribution in [-0.2, 0) is 22.3 Å². The molecule has 0 bridgehead atoms. The number of urea groups is 1. The quantitative estimate of drug-likeness (QED) is 0.383. The summed E-state index contributed by atoms with van der Waals surface area (Å²) >= 11 is 5.93. The van der Waals surface area contributed by atoms with Crippen LogP contribution in [0.4, 0.5) is 22.4 Å². The number of nitrogens with zero attached hydrogens (tertiary/aromatic N) is 3. The number of rotatable bonds is 5. The fraction of sp³-hybridized carbons (Fsp3) is 0.429. The average Bonchev–Trinajstić information content (AvgIpc) is 3.09. The molecule has 2 aromatic carbocycles. The van der Waals surface area contributed by atoms with Crippen molar-refractivity contribution >= 4 is 35.4 Å². The molecule has 222 valence electrons. The number of carbonyl (C=O) groups excluding carboxylic acids is 4. The van der Waals surface area contributed by atoms with Crippen molar-refractivity contribution in [1.82, 2.24) is 20.0 Å². The maximum absolute atomic E-state index is 14.0. The molecule has 2 aliphatic heterocycles. The molecular weight excluding hydrogens is 568 g/mol. The van der Waals surface area contributed by atoms with Crippen LogP contribution < -0.4 is 5.32 Å². The zero-order valence-corrected chi connectivity index (χ0v) is 23.6. The van der Waals surface area contributed by atoms with Gasteiger partial charge >= 0.3 is 12.2 Å². The Morgan fingerprint density at radius 3 is 2.17 bits per heavy atom. The highest BCUT2D eigenvalue weighted by Gasteiger charge is 2.57. The summed E-state index contributed by atoms with van der Waals surface area (Å²) < 4.78 is 52.7. The van der Waals surface area contributed by atoms with Gasteiger partial charge in [0.05, 0.1) is 17.7 Å². The highest BCUT2D eigenvalue weighted by Crippen LogP contribution is 2.38. The molecule has 13 heteroatoms. The van der Waals surface area contributed by atoms with Gasteiger partial charge in [-0.1, -0.05) is 44.0 Å². The fourth-order valence-corrected chi connectivity index (χ4v) is 4.84. The number of carbonyl (C=O) groups is 4. The van der Waals surface area contributed by atoms with Crippen LogP contribution in [0.5, 0.6) is 0 Å². The summed E-state index contributed by atoms with van der Waals surface area (Å²) in [6, 6.07) is 7.84. The second kappa shape index (κ2) is 12.9. The van der Waals surface area contributed by atoms with Gasteiger partial charge in [-0.15, -0.1) is 0 Å². The van der Waals surface area contributed by atoms with Crippen LogP contribution >= 0.6 is 11.6 Å². The molecule has 0 radical (unpaired) electrons. The second-order valence-corrected chi connectivity index (χ2v) is 10.3. The van der Waals surface area contributed by atoms with E-state index in [4.69, 9.17) is 11.6 Å². The molecule has 0 atom stereocenters. The SMILES string of the molecule is CCC.CN1C(=O)N(Cc2ccc(Cl)cc2)C2(CCN(C(=O)CNC(=O)c3cc(C(F)(F)F)ccc3F)CC2)C1=O. The molecule has 8 nitrogen and oxygen atoms in total. The molecule has 5 amide bonds. The molecule has 4 rings (SSSR count). The van der Waals surface area contributed by atoms with Crippen LogP contribution in [0.25, 0.3) is 0 Å². The van der Waals surface area contributed by atoms with Crippen molar-refractivity contribution in [3.05, 3.63) is 70.0 Å². The Hall–Kier alpha value is -3.67. The number of amides is 5. The number of imide groups is 1. The van der Waals surface area contributed by atoms with Crippen molar-refractivity contribution < 1.29 is 36.7 Å². The average molecular weight is 599 g/mol. The maximum atomic E-state index is 14.0. The number of nitrogens with one attached hydrogen (secondary N) is 1. The molecule has 0 aromatic heterocycles. The Labute approximate surface area is 240 Å². The van der Waals surface area contributed by atoms with E-state index in [2.05, 4.69) is 19.2 Å². The zero-order chi connectivity index (χ0) is 30.5. The van der Waals surface area contributed by atoms with E-state index >= 15 is 0 Å². The lowest BCUT2D eigenvalue weighted by molar-refractivity contribution is -0.140. The van der Waals surface area contributed by atoms with E-state index in [1.54, 1.807) is 24.3 Å². The lowest BCUT2D eigenvalue weighted by Gasteiger charge is -2.42. The molecular formula is C28H31ClF4N4O4. The first-order chi connectivity index (χ1) is 19.2. The van der Waals surface area contributed by atoms with Gasteiger partial charge in [0, 0.05) is 31.7 Å². The number of halogens is 5. The first kappa shape index (κ1) is 31.9. The van der Waals surface area contributed by atoms with Crippen LogP contribution in [0.15, 0.2) is 42.5 Å². The molecule has 1 N–H and O–H groups in total. The third kappa shape index (κ3) is 6.98. The second-order valence-electron chi connectivity index (χ2n) is 9.85. The minimum atomic E-state index is -4.77. The first-order valence-electron chi connectivity index (χ1n) is 13.0. The van der Waals surface area contributed by atoms with Gasteiger partial charge in [0.25, 0.3) is 11.8 Å². The Morgan fingerprint density at radius 2 is 1.61 bits per heavy atom. The lowest BCUT2D eigenvalue weighted by Crippen LogP contribution is -2.57. The van der Waals surface area contributed by atoms with E-state index in [-0.39, 0.29) is 38.4 Å². The molecule has 2 aromatic rings. The van der Waals surface area contributed by atoms with E-state index in [0.717, 1.165) is 10.5 Å². The Balaban J connectivity index is 0.00000147. The molecule has 0 saturated carbocycles. The fourth-order valence-electron chi connectivity index (χ4n) is 4.72. The third-order valence-electron chi connectivity index (χ3n) is 6.87. The van der Waals surface area contributed by atoms with Gasteiger partial charge in [-0.05, 0) is 48.7 Å². The van der Waals surface area contributed by atoms with Crippen LogP contribution in [-0.4, -0.2) is 70.7 Å². The summed E-state index contributed by atoms with van der Waals surface area (Å²) in [6.45, 7) is 4.02.